The molecule has 1 saturated heterocycles. The third-order valence-electron chi connectivity index (χ3n) is 5.72. The number of rotatable bonds is 5. The van der Waals surface area contributed by atoms with Crippen LogP contribution in [0.5, 0.6) is 0 Å². The zero-order chi connectivity index (χ0) is 20.7. The van der Waals surface area contributed by atoms with Crippen molar-refractivity contribution in [3.8, 4) is 0 Å². The Labute approximate surface area is 194 Å². The lowest BCUT2D eigenvalue weighted by atomic mass is 9.97. The molecule has 5 radical (unpaired) electrons. The van der Waals surface area contributed by atoms with Gasteiger partial charge in [0, 0.05) is 24.2 Å². The fourth-order valence-electron chi connectivity index (χ4n) is 4.13. The van der Waals surface area contributed by atoms with Gasteiger partial charge < -0.3 is 10.6 Å². The molecule has 2 aliphatic rings. The summed E-state index contributed by atoms with van der Waals surface area (Å²) >= 11 is 5.99. The second kappa shape index (κ2) is 13.3. The molecule has 2 amide bonds. The number of urea groups is 1. The minimum absolute atomic E-state index is 0. The minimum atomic E-state index is -3.65. The number of benzene rings is 1. The van der Waals surface area contributed by atoms with Crippen molar-refractivity contribution in [2.75, 3.05) is 13.1 Å². The maximum atomic E-state index is 13.1. The van der Waals surface area contributed by atoms with Crippen LogP contribution in [0.15, 0.2) is 29.2 Å². The first-order valence-corrected chi connectivity index (χ1v) is 12.5. The predicted molar refractivity (Wildman–Crippen MR) is 126 cm³/mol. The molecule has 0 bridgehead atoms. The summed E-state index contributed by atoms with van der Waals surface area (Å²) in [6.45, 7) is 0.763. The number of sulfonamides is 1. The van der Waals surface area contributed by atoms with Crippen LogP contribution in [0.1, 0.15) is 64.2 Å². The van der Waals surface area contributed by atoms with E-state index in [-0.39, 0.29) is 31.8 Å². The lowest BCUT2D eigenvalue weighted by molar-refractivity contribution is 0.223. The summed E-state index contributed by atoms with van der Waals surface area (Å²) in [5.41, 5.74) is 0. The van der Waals surface area contributed by atoms with E-state index in [2.05, 4.69) is 10.6 Å². The Hall–Kier alpha value is -1.31. The van der Waals surface area contributed by atoms with Gasteiger partial charge in [-0.2, -0.15) is 4.31 Å². The Kier molecular flexibility index (Phi) is 11.9. The van der Waals surface area contributed by atoms with Crippen LogP contribution in [0.2, 0.25) is 5.02 Å². The summed E-state index contributed by atoms with van der Waals surface area (Å²) in [6, 6.07) is 6.97. The standard InChI is InChI=1S/C21H31ClN3O3S.2CH2/c22-17-9-8-13-20(15-17)29(27,28)25-14-7-6-12-19(25)16-23-21(26)24-18-10-4-2-1-3-5-11-18;;/h8-9,13,15,19H,1-7,10-12,14,16H2,(H2,23,24,26);2*1H2. The smallest absolute Gasteiger partial charge is 0.315 e. The fraction of sp³-hybridized carbons (Fsp3) is 0.565. The fourth-order valence-corrected chi connectivity index (χ4v) is 6.12. The Balaban J connectivity index is 0.00000240. The molecule has 1 aliphatic heterocycles. The molecule has 1 aromatic carbocycles. The van der Waals surface area contributed by atoms with E-state index in [1.54, 1.807) is 18.2 Å². The predicted octanol–water partition coefficient (Wildman–Crippen LogP) is 5.11. The average molecular weight is 469 g/mol. The highest BCUT2D eigenvalue weighted by atomic mass is 35.5. The van der Waals surface area contributed by atoms with E-state index < -0.39 is 10.0 Å². The highest BCUT2D eigenvalue weighted by molar-refractivity contribution is 7.89. The second-order valence-corrected chi connectivity index (χ2v) is 10.3. The normalized spacial score (nSPS) is 21.0. The first-order valence-electron chi connectivity index (χ1n) is 10.6. The molecule has 2 N–H and O–H groups in total. The number of amides is 2. The van der Waals surface area contributed by atoms with Gasteiger partial charge in [0.1, 0.15) is 0 Å². The van der Waals surface area contributed by atoms with Crippen LogP contribution in [0.4, 0.5) is 4.79 Å². The summed E-state index contributed by atoms with van der Waals surface area (Å²) in [7, 11) is -3.65. The van der Waals surface area contributed by atoms with Crippen LogP contribution in [0.25, 0.3) is 0 Å². The van der Waals surface area contributed by atoms with Crippen molar-refractivity contribution in [2.45, 2.75) is 75.1 Å². The highest BCUT2D eigenvalue weighted by Gasteiger charge is 2.33. The quantitative estimate of drug-likeness (QED) is 0.629. The molecule has 8 heteroatoms. The van der Waals surface area contributed by atoms with Crippen LogP contribution < -0.4 is 10.6 Å². The van der Waals surface area contributed by atoms with Gasteiger partial charge in [-0.1, -0.05) is 71.0 Å². The van der Waals surface area contributed by atoms with Gasteiger partial charge in [0.2, 0.25) is 10.0 Å². The number of carbonyl (C=O) groups is 1. The van der Waals surface area contributed by atoms with E-state index >= 15 is 0 Å². The molecule has 173 valence electrons. The second-order valence-electron chi connectivity index (χ2n) is 7.93. The summed E-state index contributed by atoms with van der Waals surface area (Å²) in [4.78, 5) is 12.6. The maximum Gasteiger partial charge on any atom is 0.315 e. The average Bonchev–Trinajstić information content (AvgIpc) is 2.68. The lowest BCUT2D eigenvalue weighted by Crippen LogP contribution is -2.51. The molecule has 1 aromatic rings. The van der Waals surface area contributed by atoms with E-state index in [0.29, 0.717) is 18.1 Å². The molecular formula is C23H35ClN3O3S. The number of nitrogens with zero attached hydrogens (tertiary/aromatic N) is 1. The van der Waals surface area contributed by atoms with Gasteiger partial charge in [-0.25, -0.2) is 13.2 Å². The van der Waals surface area contributed by atoms with Gasteiger partial charge >= 0.3 is 6.03 Å². The molecule has 3 rings (SSSR count). The zero-order valence-electron chi connectivity index (χ0n) is 18.2. The van der Waals surface area contributed by atoms with Gasteiger partial charge in [0.05, 0.1) is 10.9 Å². The Morgan fingerprint density at radius 2 is 1.71 bits per heavy atom. The summed E-state index contributed by atoms with van der Waals surface area (Å²) in [6.07, 6.45) is 10.3. The third kappa shape index (κ3) is 7.95. The largest absolute Gasteiger partial charge is 0.337 e. The van der Waals surface area contributed by atoms with Crippen LogP contribution in [0.3, 0.4) is 0 Å². The zero-order valence-corrected chi connectivity index (χ0v) is 19.8. The molecule has 0 spiro atoms. The number of carbonyl (C=O) groups excluding carboxylic acids is 1. The van der Waals surface area contributed by atoms with Gasteiger partial charge in [0.25, 0.3) is 0 Å². The molecule has 1 heterocycles. The molecule has 6 nitrogen and oxygen atoms in total. The number of halogens is 1. The van der Waals surface area contributed by atoms with E-state index in [9.17, 15) is 13.2 Å². The van der Waals surface area contributed by atoms with E-state index in [4.69, 9.17) is 11.6 Å². The number of hydrogen-bond acceptors (Lipinski definition) is 3. The summed E-state index contributed by atoms with van der Waals surface area (Å²) in [5, 5.41) is 6.29. The third-order valence-corrected chi connectivity index (χ3v) is 7.90. The summed E-state index contributed by atoms with van der Waals surface area (Å²) in [5.74, 6) is 0. The molecule has 1 unspecified atom stereocenters. The molecule has 31 heavy (non-hydrogen) atoms. The Morgan fingerprint density at radius 1 is 1.03 bits per heavy atom. The van der Waals surface area contributed by atoms with Crippen molar-refractivity contribution < 1.29 is 13.2 Å². The van der Waals surface area contributed by atoms with Crippen molar-refractivity contribution in [1.29, 1.82) is 0 Å². The molecule has 0 aromatic heterocycles. The first kappa shape index (κ1) is 27.7. The van der Waals surface area contributed by atoms with Gasteiger partial charge in [-0.15, -0.1) is 0 Å². The molecule has 1 atom stereocenters. The van der Waals surface area contributed by atoms with E-state index in [1.807, 2.05) is 0 Å². The lowest BCUT2D eigenvalue weighted by Gasteiger charge is -2.35. The Bertz CT molecular complexity index is 780. The highest BCUT2D eigenvalue weighted by Crippen LogP contribution is 2.27. The Morgan fingerprint density at radius 3 is 2.39 bits per heavy atom. The summed E-state index contributed by atoms with van der Waals surface area (Å²) < 4.78 is 27.8. The van der Waals surface area contributed by atoms with Gasteiger partial charge in [0.15, 0.2) is 0 Å². The van der Waals surface area contributed by atoms with Gasteiger partial charge in [-0.3, -0.25) is 0 Å². The van der Waals surface area contributed by atoms with Crippen molar-refractivity contribution in [3.05, 3.63) is 50.2 Å². The van der Waals surface area contributed by atoms with E-state index in [1.165, 1.54) is 29.6 Å². The van der Waals surface area contributed by atoms with Crippen LogP contribution in [-0.4, -0.2) is 37.9 Å². The van der Waals surface area contributed by atoms with Crippen molar-refractivity contribution in [1.82, 2.24) is 14.9 Å². The van der Waals surface area contributed by atoms with Gasteiger partial charge in [-0.05, 0) is 43.9 Å². The van der Waals surface area contributed by atoms with Crippen molar-refractivity contribution in [2.24, 2.45) is 0 Å². The number of hydrogen-bond donors (Lipinski definition) is 2. The SMILES string of the molecule is O=C(NCC1CCCCN1S(=O)(=O)c1cccc(Cl)c1)N[C]1CCCCCCC1.[CH2].[CH2]. The number of nitrogens with one attached hydrogen (secondary N) is 2. The van der Waals surface area contributed by atoms with E-state index in [0.717, 1.165) is 51.0 Å². The minimum Gasteiger partial charge on any atom is -0.337 e. The monoisotopic (exact) mass is 468 g/mol. The molecule has 1 aliphatic carbocycles. The van der Waals surface area contributed by atoms with Crippen LogP contribution in [-0.2, 0) is 10.0 Å². The molecule has 1 saturated carbocycles. The first-order chi connectivity index (χ1) is 14.0. The van der Waals surface area contributed by atoms with Crippen molar-refractivity contribution in [3.63, 3.8) is 0 Å². The van der Waals surface area contributed by atoms with Crippen LogP contribution >= 0.6 is 11.6 Å². The maximum absolute atomic E-state index is 13.1. The topological polar surface area (TPSA) is 78.5 Å². The van der Waals surface area contributed by atoms with Crippen molar-refractivity contribution >= 4 is 27.7 Å². The molecular weight excluding hydrogens is 434 g/mol. The molecule has 2 fully saturated rings. The number of piperidine rings is 1. The van der Waals surface area contributed by atoms with Crippen LogP contribution in [0, 0.1) is 20.9 Å².